The van der Waals surface area contributed by atoms with Gasteiger partial charge in [0.05, 0.1) is 4.92 Å². The van der Waals surface area contributed by atoms with E-state index in [0.29, 0.717) is 6.54 Å². The molecule has 0 bridgehead atoms. The fraction of sp³-hybridized carbons (Fsp3) is 0.500. The summed E-state index contributed by atoms with van der Waals surface area (Å²) in [7, 11) is 0. The lowest BCUT2D eigenvalue weighted by molar-refractivity contribution is -0.385. The largest absolute Gasteiger partial charge is 0.384 e. The number of hydrogen-bond donors (Lipinski definition) is 1. The Kier molecular flexibility index (Phi) is 4.80. The average molecular weight is 266 g/mol. The van der Waals surface area contributed by atoms with E-state index < -0.39 is 10.8 Å². The Hall–Kier alpha value is -2.18. The van der Waals surface area contributed by atoms with Crippen LogP contribution in [0.1, 0.15) is 37.6 Å². The van der Waals surface area contributed by atoms with Gasteiger partial charge in [-0.1, -0.05) is 6.92 Å². The highest BCUT2D eigenvalue weighted by molar-refractivity contribution is 5.98. The van der Waals surface area contributed by atoms with E-state index in [0.717, 1.165) is 12.6 Å². The highest BCUT2D eigenvalue weighted by Crippen LogP contribution is 2.22. The topological polar surface area (TPSA) is 102 Å². The van der Waals surface area contributed by atoms with Crippen molar-refractivity contribution in [1.29, 1.82) is 0 Å². The van der Waals surface area contributed by atoms with Crippen LogP contribution < -0.4 is 5.73 Å². The summed E-state index contributed by atoms with van der Waals surface area (Å²) in [5, 5.41) is 10.9. The number of hydrogen-bond acceptors (Lipinski definition) is 5. The van der Waals surface area contributed by atoms with E-state index in [2.05, 4.69) is 4.98 Å². The first kappa shape index (κ1) is 14.9. The maximum Gasteiger partial charge on any atom is 0.300 e. The Morgan fingerprint density at radius 2 is 2.21 bits per heavy atom. The number of nitrogens with two attached hydrogens (primary N) is 1. The quantitative estimate of drug-likeness (QED) is 0.647. The zero-order valence-electron chi connectivity index (χ0n) is 11.3. The van der Waals surface area contributed by atoms with Gasteiger partial charge in [-0.25, -0.2) is 4.98 Å². The molecule has 7 heteroatoms. The Balaban J connectivity index is 3.24. The van der Waals surface area contributed by atoms with Crippen molar-refractivity contribution in [3.63, 3.8) is 0 Å². The van der Waals surface area contributed by atoms with Crippen LogP contribution in [0.15, 0.2) is 12.3 Å². The van der Waals surface area contributed by atoms with Crippen molar-refractivity contribution in [2.24, 2.45) is 0 Å². The summed E-state index contributed by atoms with van der Waals surface area (Å²) >= 11 is 0. The minimum absolute atomic E-state index is 0.00601. The van der Waals surface area contributed by atoms with Crippen molar-refractivity contribution in [3.05, 3.63) is 27.9 Å². The molecule has 0 radical (unpaired) electrons. The summed E-state index contributed by atoms with van der Waals surface area (Å²) in [5.74, 6) is -0.299. The molecule has 1 atom stereocenters. The van der Waals surface area contributed by atoms with Gasteiger partial charge in [-0.15, -0.1) is 0 Å². The lowest BCUT2D eigenvalue weighted by Gasteiger charge is -2.27. The molecule has 1 amide bonds. The lowest BCUT2D eigenvalue weighted by atomic mass is 10.1. The fourth-order valence-electron chi connectivity index (χ4n) is 1.81. The molecule has 0 saturated heterocycles. The minimum atomic E-state index is -0.621. The highest BCUT2D eigenvalue weighted by Gasteiger charge is 2.26. The maximum atomic E-state index is 12.4. The number of carbonyl (C=O) groups is 1. The number of nitrogen functional groups attached to an aromatic ring is 1. The summed E-state index contributed by atoms with van der Waals surface area (Å²) in [6.45, 7) is 6.17. The molecule has 1 aromatic heterocycles. The maximum absolute atomic E-state index is 12.4. The fourth-order valence-corrected chi connectivity index (χ4v) is 1.81. The Morgan fingerprint density at radius 3 is 2.68 bits per heavy atom. The van der Waals surface area contributed by atoms with E-state index in [-0.39, 0.29) is 23.1 Å². The van der Waals surface area contributed by atoms with Gasteiger partial charge in [-0.05, 0) is 26.3 Å². The van der Waals surface area contributed by atoms with Gasteiger partial charge in [0.2, 0.25) is 0 Å². The number of anilines is 1. The normalized spacial score (nSPS) is 11.9. The van der Waals surface area contributed by atoms with Gasteiger partial charge in [0.15, 0.2) is 0 Å². The van der Waals surface area contributed by atoms with Gasteiger partial charge in [0.25, 0.3) is 11.6 Å². The summed E-state index contributed by atoms with van der Waals surface area (Å²) < 4.78 is 0. The van der Waals surface area contributed by atoms with Gasteiger partial charge in [-0.3, -0.25) is 14.9 Å². The standard InChI is InChI=1S/C12H18N4O3/c1-4-8(3)15(5-2)12(17)9-6-11(13)14-7-10(9)16(18)19/h6-8H,4-5H2,1-3H3,(H2,13,14). The molecule has 19 heavy (non-hydrogen) atoms. The predicted molar refractivity (Wildman–Crippen MR) is 71.8 cm³/mol. The van der Waals surface area contributed by atoms with Gasteiger partial charge in [0.1, 0.15) is 17.6 Å². The van der Waals surface area contributed by atoms with Crippen molar-refractivity contribution in [1.82, 2.24) is 9.88 Å². The van der Waals surface area contributed by atoms with E-state index in [9.17, 15) is 14.9 Å². The highest BCUT2D eigenvalue weighted by atomic mass is 16.6. The molecule has 1 aromatic rings. The number of nitrogens with zero attached hydrogens (tertiary/aromatic N) is 3. The molecule has 0 saturated carbocycles. The number of carbonyl (C=O) groups excluding carboxylic acids is 1. The van der Waals surface area contributed by atoms with Gasteiger partial charge in [-0.2, -0.15) is 0 Å². The average Bonchev–Trinajstić information content (AvgIpc) is 2.38. The van der Waals surface area contributed by atoms with Crippen LogP contribution in [0.5, 0.6) is 0 Å². The monoisotopic (exact) mass is 266 g/mol. The first-order chi connectivity index (χ1) is 8.92. The number of aromatic nitrogens is 1. The van der Waals surface area contributed by atoms with Crippen LogP contribution in [-0.4, -0.2) is 33.3 Å². The number of amides is 1. The van der Waals surface area contributed by atoms with Crippen LogP contribution in [0.3, 0.4) is 0 Å². The Bertz CT molecular complexity index is 490. The lowest BCUT2D eigenvalue weighted by Crippen LogP contribution is -2.38. The third-order valence-electron chi connectivity index (χ3n) is 3.06. The molecule has 1 rings (SSSR count). The van der Waals surface area contributed by atoms with E-state index in [4.69, 9.17) is 5.73 Å². The molecule has 1 heterocycles. The molecule has 0 spiro atoms. The third-order valence-corrected chi connectivity index (χ3v) is 3.06. The van der Waals surface area contributed by atoms with Crippen LogP contribution in [-0.2, 0) is 0 Å². The minimum Gasteiger partial charge on any atom is -0.384 e. The number of nitro groups is 1. The van der Waals surface area contributed by atoms with Crippen molar-refractivity contribution >= 4 is 17.4 Å². The molecule has 1 unspecified atom stereocenters. The third kappa shape index (κ3) is 3.18. The molecule has 2 N–H and O–H groups in total. The van der Waals surface area contributed by atoms with E-state index >= 15 is 0 Å². The summed E-state index contributed by atoms with van der Waals surface area (Å²) in [6, 6.07) is 1.26. The predicted octanol–water partition coefficient (Wildman–Crippen LogP) is 1.83. The molecular formula is C12H18N4O3. The zero-order chi connectivity index (χ0) is 14.6. The molecule has 0 aliphatic carbocycles. The smallest absolute Gasteiger partial charge is 0.300 e. The molecule has 0 aliphatic rings. The van der Waals surface area contributed by atoms with Crippen molar-refractivity contribution in [2.75, 3.05) is 12.3 Å². The summed E-state index contributed by atoms with van der Waals surface area (Å²) in [6.07, 6.45) is 1.79. The van der Waals surface area contributed by atoms with Crippen LogP contribution >= 0.6 is 0 Å². The number of rotatable bonds is 5. The second kappa shape index (κ2) is 6.12. The molecule has 0 aliphatic heterocycles. The van der Waals surface area contributed by atoms with Crippen molar-refractivity contribution in [2.45, 2.75) is 33.2 Å². The van der Waals surface area contributed by atoms with E-state index in [1.165, 1.54) is 6.07 Å². The van der Waals surface area contributed by atoms with Crippen LogP contribution in [0.4, 0.5) is 11.5 Å². The van der Waals surface area contributed by atoms with Crippen molar-refractivity contribution in [3.8, 4) is 0 Å². The Morgan fingerprint density at radius 1 is 1.58 bits per heavy atom. The van der Waals surface area contributed by atoms with Crippen molar-refractivity contribution < 1.29 is 9.72 Å². The zero-order valence-corrected chi connectivity index (χ0v) is 11.3. The van der Waals surface area contributed by atoms with Gasteiger partial charge >= 0.3 is 0 Å². The van der Waals surface area contributed by atoms with Crippen LogP contribution in [0.25, 0.3) is 0 Å². The van der Waals surface area contributed by atoms with E-state index in [1.807, 2.05) is 20.8 Å². The van der Waals surface area contributed by atoms with Gasteiger partial charge in [0, 0.05) is 12.6 Å². The first-order valence-electron chi connectivity index (χ1n) is 6.13. The molecule has 0 aromatic carbocycles. The number of pyridine rings is 1. The Labute approximate surface area is 111 Å². The van der Waals surface area contributed by atoms with E-state index in [1.54, 1.807) is 4.90 Å². The summed E-state index contributed by atoms with van der Waals surface area (Å²) in [4.78, 5) is 28.0. The molecular weight excluding hydrogens is 248 g/mol. The second-order valence-corrected chi connectivity index (χ2v) is 4.23. The molecule has 104 valence electrons. The first-order valence-corrected chi connectivity index (χ1v) is 6.13. The summed E-state index contributed by atoms with van der Waals surface area (Å²) in [5.41, 5.74) is 5.18. The van der Waals surface area contributed by atoms with Crippen LogP contribution in [0, 0.1) is 10.1 Å². The van der Waals surface area contributed by atoms with Crippen LogP contribution in [0.2, 0.25) is 0 Å². The second-order valence-electron chi connectivity index (χ2n) is 4.23. The van der Waals surface area contributed by atoms with Gasteiger partial charge < -0.3 is 10.6 Å². The molecule has 7 nitrogen and oxygen atoms in total. The SMILES string of the molecule is CCC(C)N(CC)C(=O)c1cc(N)ncc1[N+](=O)[O-]. The molecule has 0 fully saturated rings.